The maximum Gasteiger partial charge on any atom is 0.175 e. The molecule has 7 heteroatoms. The van der Waals surface area contributed by atoms with Gasteiger partial charge in [-0.15, -0.1) is 12.4 Å². The summed E-state index contributed by atoms with van der Waals surface area (Å²) in [5, 5.41) is 3.38. The molecule has 0 saturated heterocycles. The van der Waals surface area contributed by atoms with Gasteiger partial charge in [-0.05, 0) is 36.8 Å². The van der Waals surface area contributed by atoms with Crippen molar-refractivity contribution in [2.75, 3.05) is 13.2 Å². The number of aromatic amines is 2. The van der Waals surface area contributed by atoms with Crippen LogP contribution >= 0.6 is 24.6 Å². The number of fused-ring (bicyclic) bond motifs is 1. The molecule has 0 unspecified atom stereocenters. The average molecular weight is 368 g/mol. The SMILES string of the molecule is Cc1ccc(CNCCOc2cccc3[nH]c(=S)[nH]c23)cc1.Cl.O. The van der Waals surface area contributed by atoms with Crippen LogP contribution in [0.1, 0.15) is 11.1 Å². The molecule has 0 aliphatic carbocycles. The quantitative estimate of drug-likeness (QED) is 0.461. The Morgan fingerprint density at radius 2 is 1.83 bits per heavy atom. The first kappa shape index (κ1) is 20.2. The van der Waals surface area contributed by atoms with E-state index in [9.17, 15) is 0 Å². The topological polar surface area (TPSA) is 84.3 Å². The Morgan fingerprint density at radius 1 is 1.08 bits per heavy atom. The van der Waals surface area contributed by atoms with Crippen molar-refractivity contribution in [1.82, 2.24) is 15.3 Å². The molecule has 2 aromatic carbocycles. The highest BCUT2D eigenvalue weighted by atomic mass is 35.5. The number of ether oxygens (including phenoxy) is 1. The Bertz CT molecular complexity index is 815. The first-order valence-electron chi connectivity index (χ1n) is 7.32. The summed E-state index contributed by atoms with van der Waals surface area (Å²) in [7, 11) is 0. The first-order valence-corrected chi connectivity index (χ1v) is 7.73. The number of H-pyrrole nitrogens is 2. The van der Waals surface area contributed by atoms with Crippen molar-refractivity contribution in [3.05, 3.63) is 58.4 Å². The molecule has 3 rings (SSSR count). The molecule has 0 fully saturated rings. The predicted octanol–water partition coefficient (Wildman–Crippen LogP) is 3.30. The minimum Gasteiger partial charge on any atom is -0.490 e. The average Bonchev–Trinajstić information content (AvgIpc) is 2.90. The largest absolute Gasteiger partial charge is 0.490 e. The molecule has 0 aliphatic heterocycles. The molecule has 0 bridgehead atoms. The van der Waals surface area contributed by atoms with Gasteiger partial charge in [0.05, 0.1) is 5.52 Å². The van der Waals surface area contributed by atoms with E-state index in [0.29, 0.717) is 11.4 Å². The summed E-state index contributed by atoms with van der Waals surface area (Å²) in [6.45, 7) is 4.34. The fourth-order valence-electron chi connectivity index (χ4n) is 2.32. The van der Waals surface area contributed by atoms with Gasteiger partial charge in [0.2, 0.25) is 0 Å². The van der Waals surface area contributed by atoms with Crippen LogP contribution in [-0.2, 0) is 6.54 Å². The summed E-state index contributed by atoms with van der Waals surface area (Å²) in [5.41, 5.74) is 4.45. The Labute approximate surface area is 152 Å². The Balaban J connectivity index is 0.00000144. The molecule has 3 aromatic rings. The van der Waals surface area contributed by atoms with Crippen LogP contribution in [0.3, 0.4) is 0 Å². The molecule has 0 radical (unpaired) electrons. The second kappa shape index (κ2) is 9.44. The van der Waals surface area contributed by atoms with E-state index in [4.69, 9.17) is 17.0 Å². The Morgan fingerprint density at radius 3 is 2.58 bits per heavy atom. The highest BCUT2D eigenvalue weighted by molar-refractivity contribution is 7.71. The van der Waals surface area contributed by atoms with Gasteiger partial charge in [-0.2, -0.15) is 0 Å². The standard InChI is InChI=1S/C17H19N3OS.ClH.H2O/c1-12-5-7-13(8-6-12)11-18-9-10-21-15-4-2-3-14-16(15)20-17(22)19-14;;/h2-8,18H,9-11H2,1H3,(H2,19,20,22);1H;1H2. The molecule has 0 saturated carbocycles. The lowest BCUT2D eigenvalue weighted by Gasteiger charge is -2.08. The van der Waals surface area contributed by atoms with Crippen molar-refractivity contribution in [3.8, 4) is 5.75 Å². The maximum absolute atomic E-state index is 5.83. The highest BCUT2D eigenvalue weighted by Gasteiger charge is 2.03. The maximum atomic E-state index is 5.83. The molecular weight excluding hydrogens is 346 g/mol. The fraction of sp³-hybridized carbons (Fsp3) is 0.235. The van der Waals surface area contributed by atoms with Gasteiger partial charge in [-0.3, -0.25) is 0 Å². The molecule has 0 aliphatic rings. The van der Waals surface area contributed by atoms with Crippen molar-refractivity contribution >= 4 is 35.7 Å². The minimum atomic E-state index is 0. The summed E-state index contributed by atoms with van der Waals surface area (Å²) >= 11 is 5.11. The minimum absolute atomic E-state index is 0. The van der Waals surface area contributed by atoms with Crippen LogP contribution in [-0.4, -0.2) is 28.6 Å². The summed E-state index contributed by atoms with van der Waals surface area (Å²) < 4.78 is 6.44. The van der Waals surface area contributed by atoms with Crippen molar-refractivity contribution in [3.63, 3.8) is 0 Å². The van der Waals surface area contributed by atoms with Gasteiger partial charge in [0.15, 0.2) is 4.77 Å². The van der Waals surface area contributed by atoms with E-state index < -0.39 is 0 Å². The second-order valence-corrected chi connectivity index (χ2v) is 5.68. The van der Waals surface area contributed by atoms with Crippen LogP contribution in [0.5, 0.6) is 5.75 Å². The number of hydrogen-bond donors (Lipinski definition) is 3. The molecular formula is C17H22ClN3O2S. The zero-order valence-corrected chi connectivity index (χ0v) is 15.0. The van der Waals surface area contributed by atoms with Gasteiger partial charge in [0, 0.05) is 13.1 Å². The van der Waals surface area contributed by atoms with E-state index in [0.717, 1.165) is 29.9 Å². The number of nitrogens with one attached hydrogen (secondary N) is 3. The van der Waals surface area contributed by atoms with E-state index in [2.05, 4.69) is 46.5 Å². The second-order valence-electron chi connectivity index (χ2n) is 5.27. The smallest absolute Gasteiger partial charge is 0.175 e. The summed E-state index contributed by atoms with van der Waals surface area (Å²) in [6, 6.07) is 14.4. The number of hydrogen-bond acceptors (Lipinski definition) is 3. The molecule has 0 amide bonds. The van der Waals surface area contributed by atoms with E-state index in [1.54, 1.807) is 0 Å². The highest BCUT2D eigenvalue weighted by Crippen LogP contribution is 2.22. The van der Waals surface area contributed by atoms with E-state index in [-0.39, 0.29) is 17.9 Å². The zero-order valence-electron chi connectivity index (χ0n) is 13.4. The van der Waals surface area contributed by atoms with Crippen LogP contribution in [0.4, 0.5) is 0 Å². The lowest BCUT2D eigenvalue weighted by molar-refractivity contribution is 0.316. The molecule has 130 valence electrons. The molecule has 24 heavy (non-hydrogen) atoms. The number of para-hydroxylation sites is 1. The molecule has 0 atom stereocenters. The Kier molecular flexibility index (Phi) is 7.94. The predicted molar refractivity (Wildman–Crippen MR) is 103 cm³/mol. The molecule has 5 N–H and O–H groups in total. The normalized spacial score (nSPS) is 10.0. The molecule has 0 spiro atoms. The van der Waals surface area contributed by atoms with Crippen molar-refractivity contribution in [2.45, 2.75) is 13.5 Å². The summed E-state index contributed by atoms with van der Waals surface area (Å²) in [4.78, 5) is 6.20. The lowest BCUT2D eigenvalue weighted by Crippen LogP contribution is -2.20. The number of benzene rings is 2. The summed E-state index contributed by atoms with van der Waals surface area (Å²) in [5.74, 6) is 0.821. The van der Waals surface area contributed by atoms with Crippen molar-refractivity contribution in [2.24, 2.45) is 0 Å². The first-order chi connectivity index (χ1) is 10.7. The van der Waals surface area contributed by atoms with Crippen LogP contribution in [0.2, 0.25) is 0 Å². The number of aromatic nitrogens is 2. The van der Waals surface area contributed by atoms with E-state index in [1.807, 2.05) is 18.2 Å². The third kappa shape index (κ3) is 5.07. The third-order valence-electron chi connectivity index (χ3n) is 3.50. The van der Waals surface area contributed by atoms with Gasteiger partial charge in [-0.25, -0.2) is 0 Å². The third-order valence-corrected chi connectivity index (χ3v) is 3.70. The number of imidazole rings is 1. The van der Waals surface area contributed by atoms with Gasteiger partial charge in [0.1, 0.15) is 17.9 Å². The van der Waals surface area contributed by atoms with Gasteiger partial charge in [-0.1, -0.05) is 35.9 Å². The number of rotatable bonds is 6. The van der Waals surface area contributed by atoms with Crippen LogP contribution in [0, 0.1) is 11.7 Å². The monoisotopic (exact) mass is 367 g/mol. The molecule has 1 aromatic heterocycles. The van der Waals surface area contributed by atoms with Crippen LogP contribution in [0.25, 0.3) is 11.0 Å². The van der Waals surface area contributed by atoms with Gasteiger partial charge >= 0.3 is 0 Å². The van der Waals surface area contributed by atoms with Gasteiger partial charge in [0.25, 0.3) is 0 Å². The van der Waals surface area contributed by atoms with Crippen molar-refractivity contribution < 1.29 is 10.2 Å². The van der Waals surface area contributed by atoms with E-state index >= 15 is 0 Å². The van der Waals surface area contributed by atoms with Crippen LogP contribution in [0.15, 0.2) is 42.5 Å². The van der Waals surface area contributed by atoms with Crippen LogP contribution < -0.4 is 10.1 Å². The molecule has 1 heterocycles. The number of aryl methyl sites for hydroxylation is 1. The van der Waals surface area contributed by atoms with E-state index in [1.165, 1.54) is 11.1 Å². The number of halogens is 1. The Hall–Kier alpha value is -1.86. The zero-order chi connectivity index (χ0) is 15.4. The van der Waals surface area contributed by atoms with Crippen molar-refractivity contribution in [1.29, 1.82) is 0 Å². The molecule has 5 nitrogen and oxygen atoms in total. The fourth-order valence-corrected chi connectivity index (χ4v) is 2.54. The summed E-state index contributed by atoms with van der Waals surface area (Å²) in [6.07, 6.45) is 0. The lowest BCUT2D eigenvalue weighted by atomic mass is 10.1. The van der Waals surface area contributed by atoms with Gasteiger partial charge < -0.3 is 25.5 Å².